The van der Waals surface area contributed by atoms with E-state index in [1.165, 1.54) is 0 Å². The van der Waals surface area contributed by atoms with E-state index in [-0.39, 0.29) is 11.3 Å². The number of carbonyl (C=O) groups is 1. The molecule has 1 rings (SSSR count). The molecule has 18 heavy (non-hydrogen) atoms. The van der Waals surface area contributed by atoms with E-state index in [4.69, 9.17) is 18.0 Å². The SMILES string of the molecule is CSc1ccc(C(=O)NCC(C)(C)C(N)=S)cc1. The van der Waals surface area contributed by atoms with Crippen molar-refractivity contribution in [3.05, 3.63) is 29.8 Å². The van der Waals surface area contributed by atoms with Crippen LogP contribution in [0.1, 0.15) is 24.2 Å². The highest BCUT2D eigenvalue weighted by Gasteiger charge is 2.22. The van der Waals surface area contributed by atoms with Gasteiger partial charge in [-0.25, -0.2) is 0 Å². The van der Waals surface area contributed by atoms with Crippen LogP contribution in [0.15, 0.2) is 29.2 Å². The Morgan fingerprint density at radius 2 is 1.94 bits per heavy atom. The van der Waals surface area contributed by atoms with Gasteiger partial charge in [-0.3, -0.25) is 4.79 Å². The van der Waals surface area contributed by atoms with Crippen molar-refractivity contribution >= 4 is 34.9 Å². The van der Waals surface area contributed by atoms with Gasteiger partial charge in [0.05, 0.1) is 4.99 Å². The molecular weight excluding hydrogens is 264 g/mol. The van der Waals surface area contributed by atoms with Gasteiger partial charge in [-0.2, -0.15) is 0 Å². The Hall–Kier alpha value is -1.07. The van der Waals surface area contributed by atoms with Crippen molar-refractivity contribution < 1.29 is 4.79 Å². The van der Waals surface area contributed by atoms with Crippen LogP contribution in [-0.2, 0) is 0 Å². The summed E-state index contributed by atoms with van der Waals surface area (Å²) in [6.07, 6.45) is 2.00. The average molecular weight is 282 g/mol. The van der Waals surface area contributed by atoms with Gasteiger partial charge in [-0.05, 0) is 30.5 Å². The molecule has 0 aliphatic carbocycles. The molecular formula is C13H18N2OS2. The van der Waals surface area contributed by atoms with Gasteiger partial charge in [0.2, 0.25) is 0 Å². The van der Waals surface area contributed by atoms with E-state index in [9.17, 15) is 4.79 Å². The second-order valence-corrected chi connectivity index (χ2v) is 5.98. The predicted octanol–water partition coefficient (Wildman–Crippen LogP) is 2.45. The molecule has 0 heterocycles. The molecule has 0 spiro atoms. The highest BCUT2D eigenvalue weighted by molar-refractivity contribution is 7.98. The predicted molar refractivity (Wildman–Crippen MR) is 81.1 cm³/mol. The van der Waals surface area contributed by atoms with Gasteiger partial charge in [0.1, 0.15) is 0 Å². The summed E-state index contributed by atoms with van der Waals surface area (Å²) in [4.78, 5) is 13.4. The summed E-state index contributed by atoms with van der Waals surface area (Å²) >= 11 is 6.60. The number of benzene rings is 1. The first kappa shape index (κ1) is 15.0. The summed E-state index contributed by atoms with van der Waals surface area (Å²) < 4.78 is 0. The summed E-state index contributed by atoms with van der Waals surface area (Å²) in [6, 6.07) is 7.49. The maximum atomic E-state index is 11.9. The summed E-state index contributed by atoms with van der Waals surface area (Å²) in [5, 5.41) is 2.84. The Morgan fingerprint density at radius 3 is 2.39 bits per heavy atom. The maximum Gasteiger partial charge on any atom is 0.251 e. The largest absolute Gasteiger partial charge is 0.393 e. The lowest BCUT2D eigenvalue weighted by molar-refractivity contribution is 0.0945. The van der Waals surface area contributed by atoms with Gasteiger partial charge in [0.25, 0.3) is 5.91 Å². The van der Waals surface area contributed by atoms with Crippen molar-refractivity contribution in [1.29, 1.82) is 0 Å². The molecule has 0 aliphatic rings. The van der Waals surface area contributed by atoms with Gasteiger partial charge in [0, 0.05) is 22.4 Å². The fraction of sp³-hybridized carbons (Fsp3) is 0.385. The monoisotopic (exact) mass is 282 g/mol. The standard InChI is InChI=1S/C13H18N2OS2/c1-13(2,12(14)17)8-15-11(16)9-4-6-10(18-3)7-5-9/h4-7H,8H2,1-3H3,(H2,14,17)(H,15,16). The summed E-state index contributed by atoms with van der Waals surface area (Å²) in [6.45, 7) is 4.25. The minimum absolute atomic E-state index is 0.105. The molecule has 0 saturated heterocycles. The number of thiocarbonyl (C=S) groups is 1. The number of carbonyl (C=O) groups excluding carboxylic acids is 1. The van der Waals surface area contributed by atoms with Gasteiger partial charge in [-0.1, -0.05) is 26.1 Å². The minimum atomic E-state index is -0.371. The van der Waals surface area contributed by atoms with Crippen LogP contribution in [0.25, 0.3) is 0 Å². The molecule has 98 valence electrons. The quantitative estimate of drug-likeness (QED) is 0.643. The molecule has 1 aromatic rings. The van der Waals surface area contributed by atoms with E-state index in [1.54, 1.807) is 11.8 Å². The van der Waals surface area contributed by atoms with E-state index in [0.29, 0.717) is 17.1 Å². The number of rotatable bonds is 5. The van der Waals surface area contributed by atoms with E-state index in [2.05, 4.69) is 5.32 Å². The number of nitrogens with two attached hydrogens (primary N) is 1. The first-order valence-corrected chi connectivity index (χ1v) is 7.22. The lowest BCUT2D eigenvalue weighted by Gasteiger charge is -2.23. The Labute approximate surface area is 118 Å². The van der Waals surface area contributed by atoms with Crippen molar-refractivity contribution in [3.63, 3.8) is 0 Å². The highest BCUT2D eigenvalue weighted by Crippen LogP contribution is 2.16. The van der Waals surface area contributed by atoms with Crippen molar-refractivity contribution in [2.24, 2.45) is 11.1 Å². The number of amides is 1. The van der Waals surface area contributed by atoms with Crippen LogP contribution in [0.2, 0.25) is 0 Å². The van der Waals surface area contributed by atoms with Crippen LogP contribution in [0, 0.1) is 5.41 Å². The molecule has 0 saturated carbocycles. The molecule has 0 fully saturated rings. The van der Waals surface area contributed by atoms with Crippen molar-refractivity contribution in [2.45, 2.75) is 18.7 Å². The van der Waals surface area contributed by atoms with E-state index in [1.807, 2.05) is 44.4 Å². The first-order valence-electron chi connectivity index (χ1n) is 5.59. The third-order valence-electron chi connectivity index (χ3n) is 2.71. The number of thioether (sulfide) groups is 1. The Bertz CT molecular complexity index is 441. The van der Waals surface area contributed by atoms with Crippen molar-refractivity contribution in [2.75, 3.05) is 12.8 Å². The third-order valence-corrected chi connectivity index (χ3v) is 4.01. The van der Waals surface area contributed by atoms with Gasteiger partial charge in [0.15, 0.2) is 0 Å². The molecule has 0 radical (unpaired) electrons. The smallest absolute Gasteiger partial charge is 0.251 e. The first-order chi connectivity index (χ1) is 8.36. The third kappa shape index (κ3) is 3.99. The normalized spacial score (nSPS) is 11.1. The second kappa shape index (κ2) is 6.20. The number of nitrogens with one attached hydrogen (secondary N) is 1. The molecule has 1 amide bonds. The Morgan fingerprint density at radius 1 is 1.39 bits per heavy atom. The van der Waals surface area contributed by atoms with Crippen molar-refractivity contribution in [1.82, 2.24) is 5.32 Å². The average Bonchev–Trinajstić information content (AvgIpc) is 2.36. The highest BCUT2D eigenvalue weighted by atomic mass is 32.2. The minimum Gasteiger partial charge on any atom is -0.393 e. The van der Waals surface area contributed by atoms with Gasteiger partial charge >= 0.3 is 0 Å². The van der Waals surface area contributed by atoms with E-state index in [0.717, 1.165) is 4.90 Å². The summed E-state index contributed by atoms with van der Waals surface area (Å²) in [5.41, 5.74) is 5.88. The summed E-state index contributed by atoms with van der Waals surface area (Å²) in [7, 11) is 0. The molecule has 0 bridgehead atoms. The van der Waals surface area contributed by atoms with Crippen LogP contribution in [0.4, 0.5) is 0 Å². The van der Waals surface area contributed by atoms with Gasteiger partial charge in [-0.15, -0.1) is 11.8 Å². The molecule has 1 aromatic carbocycles. The second-order valence-electron chi connectivity index (χ2n) is 4.66. The van der Waals surface area contributed by atoms with Crippen LogP contribution in [0.3, 0.4) is 0 Å². The van der Waals surface area contributed by atoms with E-state index >= 15 is 0 Å². The molecule has 0 aromatic heterocycles. The molecule has 3 nitrogen and oxygen atoms in total. The molecule has 0 atom stereocenters. The van der Waals surface area contributed by atoms with Crippen LogP contribution >= 0.6 is 24.0 Å². The van der Waals surface area contributed by atoms with Crippen molar-refractivity contribution in [3.8, 4) is 0 Å². The molecule has 3 N–H and O–H groups in total. The van der Waals surface area contributed by atoms with Crippen LogP contribution in [-0.4, -0.2) is 23.7 Å². The molecule has 0 aliphatic heterocycles. The summed E-state index contributed by atoms with van der Waals surface area (Å²) in [5.74, 6) is -0.105. The maximum absolute atomic E-state index is 11.9. The van der Waals surface area contributed by atoms with Crippen LogP contribution < -0.4 is 11.1 Å². The molecule has 5 heteroatoms. The van der Waals surface area contributed by atoms with E-state index < -0.39 is 0 Å². The Balaban J connectivity index is 2.63. The van der Waals surface area contributed by atoms with Gasteiger partial charge < -0.3 is 11.1 Å². The lowest BCUT2D eigenvalue weighted by atomic mass is 9.93. The Kier molecular flexibility index (Phi) is 5.16. The number of hydrogen-bond acceptors (Lipinski definition) is 3. The molecule has 0 unspecified atom stereocenters. The fourth-order valence-corrected chi connectivity index (χ4v) is 1.71. The zero-order valence-corrected chi connectivity index (χ0v) is 12.5. The number of hydrogen-bond donors (Lipinski definition) is 2. The zero-order chi connectivity index (χ0) is 13.8. The van der Waals surface area contributed by atoms with Crippen LogP contribution in [0.5, 0.6) is 0 Å². The fourth-order valence-electron chi connectivity index (χ4n) is 1.23. The zero-order valence-electron chi connectivity index (χ0n) is 10.8. The topological polar surface area (TPSA) is 55.1 Å². The lowest BCUT2D eigenvalue weighted by Crippen LogP contribution is -2.41.